The molecule has 1 aromatic rings. The minimum absolute atomic E-state index is 0.103. The summed E-state index contributed by atoms with van der Waals surface area (Å²) < 4.78 is 12.0. The third kappa shape index (κ3) is 2.94. The quantitative estimate of drug-likeness (QED) is 0.884. The second kappa shape index (κ2) is 5.58. The predicted octanol–water partition coefficient (Wildman–Crippen LogP) is 1.49. The van der Waals surface area contributed by atoms with E-state index in [4.69, 9.17) is 20.9 Å². The Morgan fingerprint density at radius 1 is 1.39 bits per heavy atom. The van der Waals surface area contributed by atoms with Gasteiger partial charge >= 0.3 is 0 Å². The minimum atomic E-state index is -0.434. The molecule has 6 heteroatoms. The number of halogens is 1. The van der Waals surface area contributed by atoms with Gasteiger partial charge in [0.05, 0.1) is 17.7 Å². The molecule has 1 atom stereocenters. The van der Waals surface area contributed by atoms with E-state index >= 15 is 0 Å². The molecule has 98 valence electrons. The first kappa shape index (κ1) is 13.2. The van der Waals surface area contributed by atoms with Crippen LogP contribution in [0.25, 0.3) is 0 Å². The molecule has 0 fully saturated rings. The Kier molecular flexibility index (Phi) is 4.08. The average molecular weight is 315 g/mol. The number of hydrogen-bond donors (Lipinski definition) is 2. The van der Waals surface area contributed by atoms with Crippen LogP contribution in [0.3, 0.4) is 0 Å². The predicted molar refractivity (Wildman–Crippen MR) is 70.5 cm³/mol. The summed E-state index contributed by atoms with van der Waals surface area (Å²) in [6.07, 6.45) is 0.940. The molecule has 0 unspecified atom stereocenters. The second-order valence-corrected chi connectivity index (χ2v) is 5.01. The largest absolute Gasteiger partial charge is 0.490 e. The molecule has 0 aromatic heterocycles. The van der Waals surface area contributed by atoms with Gasteiger partial charge in [0, 0.05) is 18.9 Å². The Morgan fingerprint density at radius 3 is 2.83 bits per heavy atom. The molecule has 5 nitrogen and oxygen atoms in total. The first-order chi connectivity index (χ1) is 8.58. The molecular formula is C12H15BrN2O3. The molecule has 1 heterocycles. The highest BCUT2D eigenvalue weighted by atomic mass is 79.9. The van der Waals surface area contributed by atoms with Gasteiger partial charge in [0.1, 0.15) is 0 Å². The molecule has 1 aromatic carbocycles. The molecule has 4 N–H and O–H groups in total. The zero-order valence-corrected chi connectivity index (χ0v) is 11.4. The van der Waals surface area contributed by atoms with Crippen LogP contribution in [0.1, 0.15) is 24.4 Å². The Labute approximate surface area is 114 Å². The molecule has 0 aliphatic carbocycles. The minimum Gasteiger partial charge on any atom is -0.490 e. The van der Waals surface area contributed by atoms with Crippen molar-refractivity contribution in [2.24, 2.45) is 11.5 Å². The number of benzene rings is 1. The average Bonchev–Trinajstić information content (AvgIpc) is 2.53. The molecule has 0 radical (unpaired) electrons. The lowest BCUT2D eigenvalue weighted by Gasteiger charge is -2.15. The van der Waals surface area contributed by atoms with Gasteiger partial charge in [-0.1, -0.05) is 0 Å². The lowest BCUT2D eigenvalue weighted by Crippen LogP contribution is -2.20. The SMILES string of the molecule is NC(=O)C[C@@H](N)c1cc(Br)c2c(c1)OCCCO2. The first-order valence-corrected chi connectivity index (χ1v) is 6.50. The lowest BCUT2D eigenvalue weighted by molar-refractivity contribution is -0.118. The van der Waals surface area contributed by atoms with Crippen molar-refractivity contribution < 1.29 is 14.3 Å². The molecule has 0 bridgehead atoms. The maximum Gasteiger partial charge on any atom is 0.219 e. The monoisotopic (exact) mass is 314 g/mol. The molecular weight excluding hydrogens is 300 g/mol. The molecule has 2 rings (SSSR count). The van der Waals surface area contributed by atoms with Crippen molar-refractivity contribution in [2.45, 2.75) is 18.9 Å². The molecule has 1 aliphatic heterocycles. The van der Waals surface area contributed by atoms with Crippen molar-refractivity contribution >= 4 is 21.8 Å². The maximum absolute atomic E-state index is 10.9. The van der Waals surface area contributed by atoms with E-state index in [1.54, 1.807) is 6.07 Å². The van der Waals surface area contributed by atoms with Crippen molar-refractivity contribution in [3.63, 3.8) is 0 Å². The number of fused-ring (bicyclic) bond motifs is 1. The van der Waals surface area contributed by atoms with Crippen LogP contribution >= 0.6 is 15.9 Å². The zero-order chi connectivity index (χ0) is 13.1. The van der Waals surface area contributed by atoms with Crippen LogP contribution in [0.15, 0.2) is 16.6 Å². The highest BCUT2D eigenvalue weighted by molar-refractivity contribution is 9.10. The van der Waals surface area contributed by atoms with Gasteiger partial charge in [-0.3, -0.25) is 4.79 Å². The van der Waals surface area contributed by atoms with Crippen LogP contribution in [0.5, 0.6) is 11.5 Å². The Balaban J connectivity index is 2.31. The topological polar surface area (TPSA) is 87.6 Å². The summed E-state index contributed by atoms with van der Waals surface area (Å²) in [4.78, 5) is 10.9. The molecule has 18 heavy (non-hydrogen) atoms. The number of carbonyl (C=O) groups is 1. The summed E-state index contributed by atoms with van der Waals surface area (Å²) in [6.45, 7) is 1.23. The van der Waals surface area contributed by atoms with Gasteiger partial charge in [-0.25, -0.2) is 0 Å². The van der Waals surface area contributed by atoms with Gasteiger partial charge in [-0.05, 0) is 33.6 Å². The number of primary amides is 1. The number of ether oxygens (including phenoxy) is 2. The van der Waals surface area contributed by atoms with Crippen molar-refractivity contribution in [1.82, 2.24) is 0 Å². The van der Waals surface area contributed by atoms with Gasteiger partial charge < -0.3 is 20.9 Å². The molecule has 1 amide bonds. The fourth-order valence-corrected chi connectivity index (χ4v) is 2.37. The Morgan fingerprint density at radius 2 is 2.11 bits per heavy atom. The standard InChI is InChI=1S/C12H15BrN2O3/c13-8-4-7(9(14)6-11(15)16)5-10-12(8)18-3-1-2-17-10/h4-5,9H,1-3,6,14H2,(H2,15,16)/t9-/m1/s1. The molecule has 0 saturated heterocycles. The van der Waals surface area contributed by atoms with E-state index in [-0.39, 0.29) is 6.42 Å². The number of carbonyl (C=O) groups excluding carboxylic acids is 1. The number of amides is 1. The van der Waals surface area contributed by atoms with Gasteiger partial charge in [0.15, 0.2) is 11.5 Å². The summed E-state index contributed by atoms with van der Waals surface area (Å²) >= 11 is 3.43. The van der Waals surface area contributed by atoms with Gasteiger partial charge in [-0.2, -0.15) is 0 Å². The third-order valence-electron chi connectivity index (χ3n) is 2.67. The highest BCUT2D eigenvalue weighted by Crippen LogP contribution is 2.39. The van der Waals surface area contributed by atoms with E-state index in [0.29, 0.717) is 24.7 Å². The van der Waals surface area contributed by atoms with Crippen LogP contribution in [-0.4, -0.2) is 19.1 Å². The van der Waals surface area contributed by atoms with Gasteiger partial charge in [0.25, 0.3) is 0 Å². The fraction of sp³-hybridized carbons (Fsp3) is 0.417. The highest BCUT2D eigenvalue weighted by Gasteiger charge is 2.18. The normalized spacial score (nSPS) is 15.9. The van der Waals surface area contributed by atoms with E-state index < -0.39 is 11.9 Å². The second-order valence-electron chi connectivity index (χ2n) is 4.16. The summed E-state index contributed by atoms with van der Waals surface area (Å²) in [5.41, 5.74) is 11.9. The summed E-state index contributed by atoms with van der Waals surface area (Å²) in [5, 5.41) is 0. The van der Waals surface area contributed by atoms with Crippen LogP contribution < -0.4 is 20.9 Å². The number of hydrogen-bond acceptors (Lipinski definition) is 4. The Hall–Kier alpha value is -1.27. The zero-order valence-electron chi connectivity index (χ0n) is 9.82. The maximum atomic E-state index is 10.9. The van der Waals surface area contributed by atoms with Crippen LogP contribution in [0.2, 0.25) is 0 Å². The van der Waals surface area contributed by atoms with Crippen molar-refractivity contribution in [1.29, 1.82) is 0 Å². The molecule has 0 spiro atoms. The first-order valence-electron chi connectivity index (χ1n) is 5.71. The molecule has 0 saturated carbocycles. The van der Waals surface area contributed by atoms with Crippen molar-refractivity contribution in [3.05, 3.63) is 22.2 Å². The van der Waals surface area contributed by atoms with E-state index in [9.17, 15) is 4.79 Å². The fourth-order valence-electron chi connectivity index (χ4n) is 1.80. The lowest BCUT2D eigenvalue weighted by atomic mass is 10.0. The van der Waals surface area contributed by atoms with E-state index in [1.165, 1.54) is 0 Å². The number of nitrogens with two attached hydrogens (primary N) is 2. The van der Waals surface area contributed by atoms with Gasteiger partial charge in [-0.15, -0.1) is 0 Å². The summed E-state index contributed by atoms with van der Waals surface area (Å²) in [5.74, 6) is 0.907. The summed E-state index contributed by atoms with van der Waals surface area (Å²) in [7, 11) is 0. The van der Waals surface area contributed by atoms with Crippen LogP contribution in [-0.2, 0) is 4.79 Å². The smallest absolute Gasteiger partial charge is 0.219 e. The van der Waals surface area contributed by atoms with E-state index in [2.05, 4.69) is 15.9 Å². The van der Waals surface area contributed by atoms with Crippen molar-refractivity contribution in [2.75, 3.05) is 13.2 Å². The van der Waals surface area contributed by atoms with E-state index in [1.807, 2.05) is 6.07 Å². The summed E-state index contributed by atoms with van der Waals surface area (Å²) in [6, 6.07) is 3.20. The molecule has 1 aliphatic rings. The van der Waals surface area contributed by atoms with E-state index in [0.717, 1.165) is 16.5 Å². The van der Waals surface area contributed by atoms with Crippen LogP contribution in [0, 0.1) is 0 Å². The Bertz CT molecular complexity index is 465. The number of rotatable bonds is 3. The van der Waals surface area contributed by atoms with Crippen molar-refractivity contribution in [3.8, 4) is 11.5 Å². The third-order valence-corrected chi connectivity index (χ3v) is 3.26. The van der Waals surface area contributed by atoms with Crippen LogP contribution in [0.4, 0.5) is 0 Å². The van der Waals surface area contributed by atoms with Gasteiger partial charge in [0.2, 0.25) is 5.91 Å².